The van der Waals surface area contributed by atoms with Crippen LogP contribution in [0.2, 0.25) is 0 Å². The van der Waals surface area contributed by atoms with E-state index in [2.05, 4.69) is 212 Å². The van der Waals surface area contributed by atoms with Gasteiger partial charge in [-0.2, -0.15) is 0 Å². The molecule has 1 aromatic heterocycles. The van der Waals surface area contributed by atoms with Crippen LogP contribution in [0.3, 0.4) is 0 Å². The van der Waals surface area contributed by atoms with Crippen LogP contribution in [0.5, 0.6) is 0 Å². The maximum absolute atomic E-state index is 5.71. The highest BCUT2D eigenvalue weighted by molar-refractivity contribution is 7.19. The van der Waals surface area contributed by atoms with E-state index in [1.807, 2.05) is 0 Å². The summed E-state index contributed by atoms with van der Waals surface area (Å²) in [4.78, 5) is 5.71. The second-order valence-electron chi connectivity index (χ2n) is 13.8. The number of hydrogen-bond donors (Lipinski definition) is 0. The average molecular weight is 690 g/mol. The van der Waals surface area contributed by atoms with E-state index in [1.165, 1.54) is 64.9 Å². The second-order valence-corrected chi connectivity index (χ2v) is 17.6. The Labute approximate surface area is 311 Å². The molecule has 0 N–H and O–H groups in total. The Kier molecular flexibility index (Phi) is 7.56. The lowest BCUT2D eigenvalue weighted by molar-refractivity contribution is 1.33. The van der Waals surface area contributed by atoms with Gasteiger partial charge in [-0.3, -0.25) is 0 Å². The van der Waals surface area contributed by atoms with E-state index in [9.17, 15) is 0 Å². The molecule has 0 saturated heterocycles. The first-order valence-corrected chi connectivity index (χ1v) is 20.3. The van der Waals surface area contributed by atoms with E-state index in [1.54, 1.807) is 0 Å². The Morgan fingerprint density at radius 2 is 0.679 bits per heavy atom. The molecule has 1 aliphatic carbocycles. The Balaban J connectivity index is 1.27. The fourth-order valence-electron chi connectivity index (χ4n) is 8.72. The minimum atomic E-state index is -2.68. The minimum absolute atomic E-state index is 0.997. The lowest BCUT2D eigenvalue weighted by Crippen LogP contribution is -2.74. The quantitative estimate of drug-likeness (QED) is 0.120. The van der Waals surface area contributed by atoms with Gasteiger partial charge < -0.3 is 0 Å². The SMILES string of the molecule is c1ccc(-c2nc(-c3ccc([Si](c4ccccc4)(c4ccccc4)c4ccccc4)cc3)c(-c3ccccc3)c3c2-c2cccc4cccc-3c24)cc1. The molecule has 0 aliphatic heterocycles. The molecular weight excluding hydrogens is 655 g/mol. The van der Waals surface area contributed by atoms with E-state index in [-0.39, 0.29) is 0 Å². The zero-order valence-corrected chi connectivity index (χ0v) is 30.2. The van der Waals surface area contributed by atoms with Crippen molar-refractivity contribution in [1.82, 2.24) is 4.98 Å². The number of aromatic nitrogens is 1. The van der Waals surface area contributed by atoms with Crippen LogP contribution >= 0.6 is 0 Å². The molecule has 10 rings (SSSR count). The van der Waals surface area contributed by atoms with Gasteiger partial charge >= 0.3 is 0 Å². The Hall–Kier alpha value is -6.61. The summed E-state index contributed by atoms with van der Waals surface area (Å²) >= 11 is 0. The summed E-state index contributed by atoms with van der Waals surface area (Å²) in [5, 5.41) is 7.99. The van der Waals surface area contributed by atoms with Crippen molar-refractivity contribution in [3.05, 3.63) is 212 Å². The summed E-state index contributed by atoms with van der Waals surface area (Å²) in [7, 11) is -2.68. The Morgan fingerprint density at radius 1 is 0.283 bits per heavy atom. The fraction of sp³-hybridized carbons (Fsp3) is 0. The molecule has 0 atom stereocenters. The first-order chi connectivity index (χ1) is 26.3. The summed E-state index contributed by atoms with van der Waals surface area (Å²) in [6.07, 6.45) is 0. The molecule has 9 aromatic rings. The van der Waals surface area contributed by atoms with Gasteiger partial charge in [0.2, 0.25) is 0 Å². The van der Waals surface area contributed by atoms with Crippen LogP contribution in [0.15, 0.2) is 212 Å². The van der Waals surface area contributed by atoms with Gasteiger partial charge in [0.15, 0.2) is 8.07 Å². The van der Waals surface area contributed by atoms with E-state index in [0.717, 1.165) is 22.5 Å². The third-order valence-corrected chi connectivity index (χ3v) is 15.8. The van der Waals surface area contributed by atoms with Crippen LogP contribution < -0.4 is 20.7 Å². The Bertz CT molecular complexity index is 2620. The summed E-state index contributed by atoms with van der Waals surface area (Å²) in [5.74, 6) is 0. The number of rotatable bonds is 7. The van der Waals surface area contributed by atoms with Crippen molar-refractivity contribution < 1.29 is 0 Å². The number of benzene rings is 8. The predicted molar refractivity (Wildman–Crippen MR) is 226 cm³/mol. The molecule has 0 unspecified atom stereocenters. The molecular formula is C51H35NSi. The van der Waals surface area contributed by atoms with Gasteiger partial charge in [0.1, 0.15) is 0 Å². The maximum atomic E-state index is 5.71. The predicted octanol–water partition coefficient (Wildman–Crippen LogP) is 10.3. The van der Waals surface area contributed by atoms with Crippen LogP contribution in [-0.4, -0.2) is 13.1 Å². The van der Waals surface area contributed by atoms with E-state index < -0.39 is 8.07 Å². The first kappa shape index (κ1) is 31.1. The van der Waals surface area contributed by atoms with Crippen molar-refractivity contribution in [3.8, 4) is 55.9 Å². The van der Waals surface area contributed by atoms with Gasteiger partial charge in [-0.05, 0) is 48.2 Å². The van der Waals surface area contributed by atoms with Crippen LogP contribution in [0, 0.1) is 0 Å². The van der Waals surface area contributed by atoms with Crippen molar-refractivity contribution in [2.45, 2.75) is 0 Å². The number of fused-ring (bicyclic) bond motifs is 3. The number of hydrogen-bond acceptors (Lipinski definition) is 1. The molecule has 0 amide bonds. The summed E-state index contributed by atoms with van der Waals surface area (Å²) in [6, 6.07) is 77.8. The molecule has 8 aromatic carbocycles. The zero-order valence-electron chi connectivity index (χ0n) is 29.2. The van der Waals surface area contributed by atoms with Gasteiger partial charge in [0.05, 0.1) is 11.4 Å². The van der Waals surface area contributed by atoms with Gasteiger partial charge in [0, 0.05) is 27.8 Å². The van der Waals surface area contributed by atoms with Gasteiger partial charge in [-0.15, -0.1) is 0 Å². The molecule has 0 bridgehead atoms. The van der Waals surface area contributed by atoms with Gasteiger partial charge in [-0.1, -0.05) is 212 Å². The molecule has 248 valence electrons. The highest BCUT2D eigenvalue weighted by Crippen LogP contribution is 2.55. The lowest BCUT2D eigenvalue weighted by Gasteiger charge is -2.34. The van der Waals surface area contributed by atoms with Crippen LogP contribution in [-0.2, 0) is 0 Å². The molecule has 0 fully saturated rings. The largest absolute Gasteiger partial charge is 0.246 e. The molecule has 0 spiro atoms. The second kappa shape index (κ2) is 12.9. The normalized spacial score (nSPS) is 11.8. The zero-order chi connectivity index (χ0) is 35.2. The van der Waals surface area contributed by atoms with Crippen molar-refractivity contribution in [1.29, 1.82) is 0 Å². The topological polar surface area (TPSA) is 12.9 Å². The molecule has 2 heteroatoms. The van der Waals surface area contributed by atoms with Crippen molar-refractivity contribution in [2.24, 2.45) is 0 Å². The third kappa shape index (κ3) is 4.95. The number of pyridine rings is 1. The molecule has 53 heavy (non-hydrogen) atoms. The lowest BCUT2D eigenvalue weighted by atomic mass is 9.88. The first-order valence-electron chi connectivity index (χ1n) is 18.3. The van der Waals surface area contributed by atoms with E-state index in [0.29, 0.717) is 0 Å². The van der Waals surface area contributed by atoms with Crippen molar-refractivity contribution >= 4 is 39.6 Å². The van der Waals surface area contributed by atoms with Crippen molar-refractivity contribution in [2.75, 3.05) is 0 Å². The van der Waals surface area contributed by atoms with Crippen molar-refractivity contribution in [3.63, 3.8) is 0 Å². The third-order valence-electron chi connectivity index (χ3n) is 11.0. The monoisotopic (exact) mass is 689 g/mol. The van der Waals surface area contributed by atoms with Gasteiger partial charge in [0.25, 0.3) is 0 Å². The summed E-state index contributed by atoms with van der Waals surface area (Å²) in [5.41, 5.74) is 11.6. The standard InChI is InChI=1S/C51H35NSi/c1-6-18-37(19-7-1)47-48-44-30-16-22-36-23-17-31-45(46(36)44)49(48)51(38-20-8-2-9-21-38)52-50(47)39-32-34-43(35-33-39)53(40-24-10-3-11-25-40,41-26-12-4-13-27-41)42-28-14-5-15-29-42/h1-35H. The molecule has 1 nitrogen and oxygen atoms in total. The highest BCUT2D eigenvalue weighted by Gasteiger charge is 2.41. The molecule has 1 aliphatic rings. The number of nitrogens with zero attached hydrogens (tertiary/aromatic N) is 1. The fourth-order valence-corrected chi connectivity index (χ4v) is 13.5. The minimum Gasteiger partial charge on any atom is -0.246 e. The van der Waals surface area contributed by atoms with E-state index in [4.69, 9.17) is 4.98 Å². The van der Waals surface area contributed by atoms with Crippen LogP contribution in [0.4, 0.5) is 0 Å². The highest BCUT2D eigenvalue weighted by atomic mass is 28.3. The summed E-state index contributed by atoms with van der Waals surface area (Å²) in [6.45, 7) is 0. The van der Waals surface area contributed by atoms with Crippen LogP contribution in [0.25, 0.3) is 66.7 Å². The smallest absolute Gasteiger partial charge is 0.179 e. The Morgan fingerprint density at radius 3 is 1.19 bits per heavy atom. The molecule has 0 radical (unpaired) electrons. The maximum Gasteiger partial charge on any atom is 0.179 e. The molecule has 1 heterocycles. The molecule has 0 saturated carbocycles. The van der Waals surface area contributed by atoms with Crippen LogP contribution in [0.1, 0.15) is 0 Å². The summed E-state index contributed by atoms with van der Waals surface area (Å²) < 4.78 is 0. The van der Waals surface area contributed by atoms with E-state index >= 15 is 0 Å². The van der Waals surface area contributed by atoms with Gasteiger partial charge in [-0.25, -0.2) is 4.98 Å². The average Bonchev–Trinajstić information content (AvgIpc) is 3.58.